The molecule has 0 saturated heterocycles. The van der Waals surface area contributed by atoms with Crippen LogP contribution in [0.3, 0.4) is 0 Å². The van der Waals surface area contributed by atoms with Crippen LogP contribution in [-0.4, -0.2) is 30.0 Å². The first kappa shape index (κ1) is 22.5. The van der Waals surface area contributed by atoms with E-state index in [-0.39, 0.29) is 38.0 Å². The van der Waals surface area contributed by atoms with Crippen molar-refractivity contribution >= 4 is 33.6 Å². The first-order chi connectivity index (χ1) is 13.8. The molecule has 1 unspecified atom stereocenters. The summed E-state index contributed by atoms with van der Waals surface area (Å²) in [5.41, 5.74) is -6.42. The number of fused-ring (bicyclic) bond motifs is 1. The van der Waals surface area contributed by atoms with Gasteiger partial charge in [-0.15, -0.1) is 0 Å². The Morgan fingerprint density at radius 3 is 2.33 bits per heavy atom. The first-order valence-electron chi connectivity index (χ1n) is 8.19. The van der Waals surface area contributed by atoms with Gasteiger partial charge in [0.15, 0.2) is 5.82 Å². The Balaban J connectivity index is 2.25. The fourth-order valence-corrected chi connectivity index (χ4v) is 4.29. The highest BCUT2D eigenvalue weighted by Crippen LogP contribution is 2.40. The number of aryl methyl sites for hydroxylation is 1. The number of aromatic nitrogens is 3. The standard InChI is InChI=1S/C17H12F7N3OS2/c1-3-30(28)11-4-8(16(19,20)21)6-25-13(11)14-12(18)10-5-9(29-17(22,23)24)7-26-15(10)27(14)2/h4-7H,3H2,1-2H3. The van der Waals surface area contributed by atoms with Crippen molar-refractivity contribution in [2.24, 2.45) is 7.05 Å². The normalized spacial score (nSPS) is 13.8. The van der Waals surface area contributed by atoms with Gasteiger partial charge in [-0.1, -0.05) is 6.92 Å². The molecule has 162 valence electrons. The lowest BCUT2D eigenvalue weighted by atomic mass is 10.2. The van der Waals surface area contributed by atoms with Crippen molar-refractivity contribution in [3.05, 3.63) is 35.9 Å². The zero-order valence-corrected chi connectivity index (χ0v) is 16.9. The smallest absolute Gasteiger partial charge is 0.325 e. The molecule has 0 N–H and O–H groups in total. The molecule has 3 heterocycles. The van der Waals surface area contributed by atoms with E-state index in [9.17, 15) is 30.6 Å². The van der Waals surface area contributed by atoms with Gasteiger partial charge in [0.1, 0.15) is 17.0 Å². The van der Waals surface area contributed by atoms with E-state index >= 15 is 4.39 Å². The van der Waals surface area contributed by atoms with Crippen LogP contribution >= 0.6 is 11.8 Å². The number of nitrogens with zero attached hydrogens (tertiary/aromatic N) is 3. The summed E-state index contributed by atoms with van der Waals surface area (Å²) in [5.74, 6) is -1.07. The molecule has 30 heavy (non-hydrogen) atoms. The molecule has 0 amide bonds. The molecule has 3 rings (SSSR count). The SMILES string of the molecule is CCS(=O)c1cc(C(F)(F)F)cnc1-c1c(F)c2cc(SC(F)(F)F)cnc2n1C. The molecule has 0 aliphatic rings. The van der Waals surface area contributed by atoms with Crippen LogP contribution in [0.5, 0.6) is 0 Å². The molecule has 3 aromatic rings. The van der Waals surface area contributed by atoms with Gasteiger partial charge in [-0.25, -0.2) is 9.37 Å². The van der Waals surface area contributed by atoms with E-state index in [1.807, 2.05) is 0 Å². The summed E-state index contributed by atoms with van der Waals surface area (Å²) in [6.45, 7) is 1.47. The van der Waals surface area contributed by atoms with Crippen LogP contribution in [0.15, 0.2) is 34.3 Å². The zero-order valence-electron chi connectivity index (χ0n) is 15.2. The van der Waals surface area contributed by atoms with Crippen molar-refractivity contribution in [1.82, 2.24) is 14.5 Å². The molecular formula is C17H12F7N3OS2. The van der Waals surface area contributed by atoms with E-state index in [1.165, 1.54) is 14.0 Å². The highest BCUT2D eigenvalue weighted by molar-refractivity contribution is 8.00. The lowest BCUT2D eigenvalue weighted by Gasteiger charge is -2.13. The molecule has 1 atom stereocenters. The topological polar surface area (TPSA) is 47.8 Å². The Bertz CT molecular complexity index is 1140. The minimum absolute atomic E-state index is 0.0380. The van der Waals surface area contributed by atoms with Crippen molar-refractivity contribution in [3.8, 4) is 11.4 Å². The lowest BCUT2D eigenvalue weighted by molar-refractivity contribution is -0.138. The molecule has 4 nitrogen and oxygen atoms in total. The van der Waals surface area contributed by atoms with Gasteiger partial charge in [-0.3, -0.25) is 9.19 Å². The molecule has 0 spiro atoms. The van der Waals surface area contributed by atoms with Gasteiger partial charge in [0.05, 0.1) is 26.6 Å². The molecule has 0 fully saturated rings. The summed E-state index contributed by atoms with van der Waals surface area (Å²) in [6.07, 6.45) is -3.35. The molecule has 13 heteroatoms. The lowest BCUT2D eigenvalue weighted by Crippen LogP contribution is -2.10. The zero-order chi connectivity index (χ0) is 22.4. The predicted molar refractivity (Wildman–Crippen MR) is 97.8 cm³/mol. The summed E-state index contributed by atoms with van der Waals surface area (Å²) in [6, 6.07) is 1.58. The summed E-state index contributed by atoms with van der Waals surface area (Å²) in [4.78, 5) is 6.85. The van der Waals surface area contributed by atoms with Crippen LogP contribution in [0.4, 0.5) is 30.7 Å². The molecule has 3 aromatic heterocycles. The van der Waals surface area contributed by atoms with E-state index in [4.69, 9.17) is 0 Å². The number of alkyl halides is 6. The average Bonchev–Trinajstić information content (AvgIpc) is 2.88. The maximum atomic E-state index is 15.2. The number of pyridine rings is 2. The number of hydrogen-bond donors (Lipinski definition) is 0. The minimum atomic E-state index is -4.75. The summed E-state index contributed by atoms with van der Waals surface area (Å²) in [5, 5.41) is -0.267. The third kappa shape index (κ3) is 4.31. The minimum Gasteiger partial charge on any atom is -0.325 e. The Kier molecular flexibility index (Phi) is 5.89. The van der Waals surface area contributed by atoms with E-state index in [0.29, 0.717) is 12.3 Å². The molecule has 0 aromatic carbocycles. The highest BCUT2D eigenvalue weighted by Gasteiger charge is 2.34. The van der Waals surface area contributed by atoms with Crippen LogP contribution in [0.1, 0.15) is 12.5 Å². The van der Waals surface area contributed by atoms with Crippen LogP contribution in [0, 0.1) is 5.82 Å². The molecule has 0 bridgehead atoms. The van der Waals surface area contributed by atoms with Gasteiger partial charge in [0.25, 0.3) is 0 Å². The third-order valence-corrected chi connectivity index (χ3v) is 6.10. The van der Waals surface area contributed by atoms with Crippen LogP contribution in [0.25, 0.3) is 22.4 Å². The third-order valence-electron chi connectivity index (χ3n) is 4.08. The largest absolute Gasteiger partial charge is 0.446 e. The van der Waals surface area contributed by atoms with Crippen molar-refractivity contribution in [3.63, 3.8) is 0 Å². The highest BCUT2D eigenvalue weighted by atomic mass is 32.2. The fourth-order valence-electron chi connectivity index (χ4n) is 2.81. The quantitative estimate of drug-likeness (QED) is 0.371. The summed E-state index contributed by atoms with van der Waals surface area (Å²) < 4.78 is 106. The number of hydrogen-bond acceptors (Lipinski definition) is 4. The molecule has 0 aliphatic heterocycles. The molecular weight excluding hydrogens is 459 g/mol. The Morgan fingerprint density at radius 2 is 1.77 bits per heavy atom. The second-order valence-electron chi connectivity index (χ2n) is 6.01. The van der Waals surface area contributed by atoms with Gasteiger partial charge < -0.3 is 4.57 Å². The maximum Gasteiger partial charge on any atom is 0.446 e. The van der Waals surface area contributed by atoms with E-state index in [0.717, 1.165) is 16.8 Å². The van der Waals surface area contributed by atoms with E-state index in [2.05, 4.69) is 9.97 Å². The fraction of sp³-hybridized carbons (Fsp3) is 0.294. The summed E-state index contributed by atoms with van der Waals surface area (Å²) >= 11 is -0.476. The number of thioether (sulfide) groups is 1. The van der Waals surface area contributed by atoms with Gasteiger partial charge in [-0.05, 0) is 23.9 Å². The van der Waals surface area contributed by atoms with Crippen molar-refractivity contribution < 1.29 is 34.9 Å². The van der Waals surface area contributed by atoms with Crippen LogP contribution in [0.2, 0.25) is 0 Å². The molecule has 0 radical (unpaired) electrons. The summed E-state index contributed by atoms with van der Waals surface area (Å²) in [7, 11) is -0.584. The Hall–Kier alpha value is -2.15. The van der Waals surface area contributed by atoms with Crippen molar-refractivity contribution in [2.75, 3.05) is 5.75 Å². The van der Waals surface area contributed by atoms with Crippen LogP contribution < -0.4 is 0 Å². The van der Waals surface area contributed by atoms with Gasteiger partial charge in [0, 0.05) is 30.1 Å². The van der Waals surface area contributed by atoms with Crippen LogP contribution in [-0.2, 0) is 24.0 Å². The molecule has 0 saturated carbocycles. The second kappa shape index (κ2) is 7.84. The predicted octanol–water partition coefficient (Wildman–Crippen LogP) is 5.53. The van der Waals surface area contributed by atoms with Gasteiger partial charge in [-0.2, -0.15) is 26.3 Å². The number of halogens is 7. The van der Waals surface area contributed by atoms with Crippen molar-refractivity contribution in [1.29, 1.82) is 0 Å². The van der Waals surface area contributed by atoms with Crippen molar-refractivity contribution in [2.45, 2.75) is 28.4 Å². The Morgan fingerprint density at radius 1 is 1.10 bits per heavy atom. The van der Waals surface area contributed by atoms with E-state index < -0.39 is 45.6 Å². The second-order valence-corrected chi connectivity index (χ2v) is 8.86. The van der Waals surface area contributed by atoms with Gasteiger partial charge in [0.2, 0.25) is 0 Å². The van der Waals surface area contributed by atoms with Gasteiger partial charge >= 0.3 is 11.7 Å². The Labute approximate surface area is 172 Å². The monoisotopic (exact) mass is 471 g/mol. The first-order valence-corrected chi connectivity index (χ1v) is 10.3. The molecule has 0 aliphatic carbocycles. The maximum absolute atomic E-state index is 15.2. The number of rotatable bonds is 4. The average molecular weight is 471 g/mol. The van der Waals surface area contributed by atoms with E-state index in [1.54, 1.807) is 0 Å².